The number of rotatable bonds is 6. The van der Waals surface area contributed by atoms with Gasteiger partial charge in [0.25, 0.3) is 5.91 Å². The maximum atomic E-state index is 11.9. The van der Waals surface area contributed by atoms with Crippen LogP contribution in [0.4, 0.5) is 5.69 Å². The molecule has 0 unspecified atom stereocenters. The molecule has 8 heteroatoms. The molecule has 0 heterocycles. The lowest BCUT2D eigenvalue weighted by Gasteiger charge is -2.12. The van der Waals surface area contributed by atoms with Crippen LogP contribution in [-0.4, -0.2) is 45.0 Å². The third-order valence-electron chi connectivity index (χ3n) is 2.84. The lowest BCUT2D eigenvalue weighted by Crippen LogP contribution is -2.34. The minimum absolute atomic E-state index is 0.0652. The first-order valence-corrected chi connectivity index (χ1v) is 7.64. The van der Waals surface area contributed by atoms with Gasteiger partial charge in [-0.3, -0.25) is 10.6 Å². The van der Waals surface area contributed by atoms with E-state index in [4.69, 9.17) is 5.84 Å². The Morgan fingerprint density at radius 3 is 2.50 bits per heavy atom. The molecule has 0 atom stereocenters. The summed E-state index contributed by atoms with van der Waals surface area (Å²) in [6.45, 7) is 1.85. The summed E-state index contributed by atoms with van der Waals surface area (Å²) in [6, 6.07) is 5.06. The third kappa shape index (κ3) is 4.19. The second-order valence-corrected chi connectivity index (χ2v) is 6.83. The van der Waals surface area contributed by atoms with Crippen molar-refractivity contribution in [1.82, 2.24) is 9.62 Å². The summed E-state index contributed by atoms with van der Waals surface area (Å²) in [5.41, 5.74) is 4.45. The Bertz CT molecular complexity index is 584. The van der Waals surface area contributed by atoms with E-state index in [9.17, 15) is 13.2 Å². The number of anilines is 1. The van der Waals surface area contributed by atoms with Gasteiger partial charge >= 0.3 is 0 Å². The van der Waals surface area contributed by atoms with Gasteiger partial charge in [0, 0.05) is 31.9 Å². The standard InChI is InChI=1S/C12H20N4O3S/c1-9-8-10(15-13)4-5-11(9)12(17)14-6-7-20(18,19)16(2)3/h4-5,8,15H,6-7,13H2,1-3H3,(H,14,17). The average Bonchev–Trinajstić information content (AvgIpc) is 2.37. The van der Waals surface area contributed by atoms with Crippen molar-refractivity contribution in [3.05, 3.63) is 29.3 Å². The van der Waals surface area contributed by atoms with E-state index in [0.717, 1.165) is 9.87 Å². The van der Waals surface area contributed by atoms with Gasteiger partial charge in [-0.05, 0) is 30.7 Å². The van der Waals surface area contributed by atoms with Crippen molar-refractivity contribution in [3.63, 3.8) is 0 Å². The number of nitrogens with two attached hydrogens (primary N) is 1. The van der Waals surface area contributed by atoms with Crippen LogP contribution in [0, 0.1) is 6.92 Å². The zero-order valence-corrected chi connectivity index (χ0v) is 12.6. The number of hydrogen-bond donors (Lipinski definition) is 3. The van der Waals surface area contributed by atoms with Crippen LogP contribution in [-0.2, 0) is 10.0 Å². The zero-order chi connectivity index (χ0) is 15.3. The van der Waals surface area contributed by atoms with Crippen molar-refractivity contribution in [3.8, 4) is 0 Å². The number of nitrogen functional groups attached to an aromatic ring is 1. The lowest BCUT2D eigenvalue weighted by molar-refractivity contribution is 0.0955. The predicted molar refractivity (Wildman–Crippen MR) is 78.8 cm³/mol. The second-order valence-electron chi connectivity index (χ2n) is 4.53. The fourth-order valence-electron chi connectivity index (χ4n) is 1.58. The molecule has 0 radical (unpaired) electrons. The predicted octanol–water partition coefficient (Wildman–Crippen LogP) is -0.0982. The Labute approximate surface area is 119 Å². The van der Waals surface area contributed by atoms with Gasteiger partial charge in [0.15, 0.2) is 0 Å². The highest BCUT2D eigenvalue weighted by molar-refractivity contribution is 7.89. The number of nitrogens with one attached hydrogen (secondary N) is 2. The minimum Gasteiger partial charge on any atom is -0.351 e. The van der Waals surface area contributed by atoms with Crippen LogP contribution in [0.25, 0.3) is 0 Å². The van der Waals surface area contributed by atoms with Gasteiger partial charge in [0.1, 0.15) is 0 Å². The van der Waals surface area contributed by atoms with E-state index in [1.54, 1.807) is 25.1 Å². The van der Waals surface area contributed by atoms with Gasteiger partial charge < -0.3 is 10.7 Å². The van der Waals surface area contributed by atoms with Gasteiger partial charge in [-0.15, -0.1) is 0 Å². The highest BCUT2D eigenvalue weighted by Crippen LogP contribution is 2.14. The average molecular weight is 300 g/mol. The van der Waals surface area contributed by atoms with Gasteiger partial charge in [-0.25, -0.2) is 12.7 Å². The summed E-state index contributed by atoms with van der Waals surface area (Å²) in [7, 11) is -0.388. The van der Waals surface area contributed by atoms with Gasteiger partial charge in [-0.2, -0.15) is 0 Å². The van der Waals surface area contributed by atoms with Crippen molar-refractivity contribution in [2.45, 2.75) is 6.92 Å². The molecule has 0 aromatic heterocycles. The van der Waals surface area contributed by atoms with Crippen molar-refractivity contribution < 1.29 is 13.2 Å². The first-order chi connectivity index (χ1) is 9.27. The SMILES string of the molecule is Cc1cc(NN)ccc1C(=O)NCCS(=O)(=O)N(C)C. The summed E-state index contributed by atoms with van der Waals surface area (Å²) in [5, 5.41) is 2.59. The number of carbonyl (C=O) groups is 1. The van der Waals surface area contributed by atoms with Crippen LogP contribution in [0.1, 0.15) is 15.9 Å². The molecule has 1 rings (SSSR count). The fraction of sp³-hybridized carbons (Fsp3) is 0.417. The normalized spacial score (nSPS) is 11.4. The number of aryl methyl sites for hydroxylation is 1. The summed E-state index contributed by atoms with van der Waals surface area (Å²) in [6.07, 6.45) is 0. The number of carbonyl (C=O) groups excluding carboxylic acids is 1. The Hall–Kier alpha value is -1.64. The summed E-state index contributed by atoms with van der Waals surface area (Å²) in [4.78, 5) is 11.9. The van der Waals surface area contributed by atoms with Gasteiger partial charge in [0.2, 0.25) is 10.0 Å². The summed E-state index contributed by atoms with van der Waals surface area (Å²) >= 11 is 0. The quantitative estimate of drug-likeness (QED) is 0.503. The monoisotopic (exact) mass is 300 g/mol. The highest BCUT2D eigenvalue weighted by Gasteiger charge is 2.15. The lowest BCUT2D eigenvalue weighted by atomic mass is 10.1. The van der Waals surface area contributed by atoms with Crippen LogP contribution in [0.2, 0.25) is 0 Å². The van der Waals surface area contributed by atoms with E-state index in [2.05, 4.69) is 10.7 Å². The van der Waals surface area contributed by atoms with Crippen molar-refractivity contribution in [2.75, 3.05) is 31.8 Å². The van der Waals surface area contributed by atoms with Crippen LogP contribution < -0.4 is 16.6 Å². The zero-order valence-electron chi connectivity index (χ0n) is 11.8. The number of benzene rings is 1. The van der Waals surface area contributed by atoms with E-state index in [-0.39, 0.29) is 18.2 Å². The van der Waals surface area contributed by atoms with Gasteiger partial charge in [-0.1, -0.05) is 0 Å². The maximum absolute atomic E-state index is 11.9. The van der Waals surface area contributed by atoms with Crippen molar-refractivity contribution >= 4 is 21.6 Å². The van der Waals surface area contributed by atoms with Crippen LogP contribution >= 0.6 is 0 Å². The number of hydrogen-bond acceptors (Lipinski definition) is 5. The van der Waals surface area contributed by atoms with Crippen LogP contribution in [0.15, 0.2) is 18.2 Å². The molecule has 0 bridgehead atoms. The van der Waals surface area contributed by atoms with Crippen LogP contribution in [0.5, 0.6) is 0 Å². The molecule has 7 nitrogen and oxygen atoms in total. The number of amides is 1. The molecule has 112 valence electrons. The molecule has 0 fully saturated rings. The molecule has 0 aliphatic rings. The summed E-state index contributed by atoms with van der Waals surface area (Å²) in [5.74, 6) is 4.84. The molecule has 4 N–H and O–H groups in total. The Morgan fingerprint density at radius 1 is 1.35 bits per heavy atom. The Kier molecular flexibility index (Phi) is 5.49. The molecule has 1 aromatic rings. The molecule has 0 spiro atoms. The molecule has 0 saturated heterocycles. The fourth-order valence-corrected chi connectivity index (χ4v) is 2.30. The van der Waals surface area contributed by atoms with E-state index in [1.807, 2.05) is 0 Å². The Balaban J connectivity index is 2.64. The maximum Gasteiger partial charge on any atom is 0.251 e. The molecule has 0 saturated carbocycles. The first-order valence-electron chi connectivity index (χ1n) is 6.03. The number of nitrogens with zero attached hydrogens (tertiary/aromatic N) is 1. The molecule has 1 aromatic carbocycles. The van der Waals surface area contributed by atoms with E-state index < -0.39 is 10.0 Å². The Morgan fingerprint density at radius 2 is 2.00 bits per heavy atom. The minimum atomic E-state index is -3.30. The first kappa shape index (κ1) is 16.4. The van der Waals surface area contributed by atoms with E-state index in [1.165, 1.54) is 14.1 Å². The van der Waals surface area contributed by atoms with Gasteiger partial charge in [0.05, 0.1) is 5.75 Å². The molecule has 1 amide bonds. The van der Waals surface area contributed by atoms with Crippen molar-refractivity contribution in [1.29, 1.82) is 0 Å². The van der Waals surface area contributed by atoms with Crippen molar-refractivity contribution in [2.24, 2.45) is 5.84 Å². The van der Waals surface area contributed by atoms with Crippen LogP contribution in [0.3, 0.4) is 0 Å². The largest absolute Gasteiger partial charge is 0.351 e. The van der Waals surface area contributed by atoms with E-state index in [0.29, 0.717) is 11.3 Å². The highest BCUT2D eigenvalue weighted by atomic mass is 32.2. The molecule has 0 aliphatic heterocycles. The number of hydrazine groups is 1. The second kappa shape index (κ2) is 6.69. The number of sulfonamides is 1. The van der Waals surface area contributed by atoms with E-state index >= 15 is 0 Å². The molecular formula is C12H20N4O3S. The summed E-state index contributed by atoms with van der Waals surface area (Å²) < 4.78 is 24.2. The third-order valence-corrected chi connectivity index (χ3v) is 4.67. The molecular weight excluding hydrogens is 280 g/mol. The molecule has 0 aliphatic carbocycles. The molecule has 20 heavy (non-hydrogen) atoms. The smallest absolute Gasteiger partial charge is 0.251 e. The topological polar surface area (TPSA) is 105 Å².